The Morgan fingerprint density at radius 2 is 1.25 bits per heavy atom. The summed E-state index contributed by atoms with van der Waals surface area (Å²) in [6, 6.07) is 16.9. The zero-order valence-electron chi connectivity index (χ0n) is 8.64. The van der Waals surface area contributed by atoms with Gasteiger partial charge in [0.25, 0.3) is 0 Å². The first-order valence-corrected chi connectivity index (χ1v) is 6.71. The van der Waals surface area contributed by atoms with Crippen molar-refractivity contribution in [2.75, 3.05) is 0 Å². The average molecular weight is 242 g/mol. The van der Waals surface area contributed by atoms with Crippen molar-refractivity contribution < 1.29 is 0 Å². The van der Waals surface area contributed by atoms with E-state index in [9.17, 15) is 0 Å². The van der Waals surface area contributed by atoms with E-state index in [1.165, 1.54) is 20.2 Å². The van der Waals surface area contributed by atoms with E-state index in [0.717, 1.165) is 4.91 Å². The minimum Gasteiger partial charge on any atom is -0.0889 e. The predicted octanol–water partition coefficient (Wildman–Crippen LogP) is 4.91. The van der Waals surface area contributed by atoms with Crippen molar-refractivity contribution in [3.05, 3.63) is 60.7 Å². The lowest BCUT2D eigenvalue weighted by Crippen LogP contribution is -1.79. The molecule has 0 aliphatic carbocycles. The Kier molecular flexibility index (Phi) is 2.54. The summed E-state index contributed by atoms with van der Waals surface area (Å²) in [5.41, 5.74) is 1.26. The second-order valence-corrected chi connectivity index (χ2v) is 5.79. The Bertz CT molecular complexity index is 558. The van der Waals surface area contributed by atoms with Crippen LogP contribution in [-0.4, -0.2) is 0 Å². The number of hydrogen-bond acceptors (Lipinski definition) is 2. The van der Waals surface area contributed by atoms with Crippen LogP contribution in [0.2, 0.25) is 0 Å². The molecule has 0 unspecified atom stereocenters. The smallest absolute Gasteiger partial charge is 0.0262 e. The van der Waals surface area contributed by atoms with Crippen LogP contribution in [0.5, 0.6) is 0 Å². The Labute approximate surface area is 104 Å². The fourth-order valence-electron chi connectivity index (χ4n) is 1.71. The molecule has 0 aromatic heterocycles. The number of thioether (sulfide) groups is 1. The maximum absolute atomic E-state index is 4.16. The van der Waals surface area contributed by atoms with Gasteiger partial charge in [0, 0.05) is 25.2 Å². The molecule has 0 N–H and O–H groups in total. The molecular formula is C14H10S2. The molecule has 0 nitrogen and oxygen atoms in total. The van der Waals surface area contributed by atoms with E-state index in [0.29, 0.717) is 0 Å². The molecule has 2 aromatic rings. The van der Waals surface area contributed by atoms with Crippen LogP contribution in [-0.2, 0) is 0 Å². The van der Waals surface area contributed by atoms with Gasteiger partial charge in [-0.1, -0.05) is 60.4 Å². The third-order valence-corrected chi connectivity index (χ3v) is 4.81. The van der Waals surface area contributed by atoms with Crippen molar-refractivity contribution in [2.45, 2.75) is 14.7 Å². The molecule has 1 heterocycles. The first kappa shape index (κ1) is 10.1. The lowest BCUT2D eigenvalue weighted by Gasteiger charge is -2.04. The maximum atomic E-state index is 4.16. The molecule has 0 atom stereocenters. The van der Waals surface area contributed by atoms with Gasteiger partial charge in [0.15, 0.2) is 0 Å². The van der Waals surface area contributed by atoms with Gasteiger partial charge in [-0.15, -0.1) is 0 Å². The summed E-state index contributed by atoms with van der Waals surface area (Å²) in [5.74, 6) is 0. The topological polar surface area (TPSA) is 0 Å². The van der Waals surface area contributed by atoms with Crippen LogP contribution < -0.4 is 0 Å². The zero-order chi connectivity index (χ0) is 11.0. The normalized spacial score (nSPS) is 13.9. The van der Waals surface area contributed by atoms with Crippen molar-refractivity contribution in [1.29, 1.82) is 0 Å². The summed E-state index contributed by atoms with van der Waals surface area (Å²) in [6.07, 6.45) is 0. The van der Waals surface area contributed by atoms with E-state index < -0.39 is 0 Å². The van der Waals surface area contributed by atoms with Gasteiger partial charge in [0.2, 0.25) is 0 Å². The number of hydrogen-bond donors (Lipinski definition) is 0. The number of rotatable bonds is 0. The molecule has 1 aliphatic heterocycles. The van der Waals surface area contributed by atoms with Crippen LogP contribution in [0.4, 0.5) is 0 Å². The highest BCUT2D eigenvalue weighted by Crippen LogP contribution is 2.47. The van der Waals surface area contributed by atoms with E-state index in [2.05, 4.69) is 55.1 Å². The van der Waals surface area contributed by atoms with Gasteiger partial charge in [0.1, 0.15) is 0 Å². The largest absolute Gasteiger partial charge is 0.0889 e. The SMILES string of the molecule is C=C1Sc2ccccc2Sc2ccccc21. The summed E-state index contributed by atoms with van der Waals surface area (Å²) < 4.78 is 0. The summed E-state index contributed by atoms with van der Waals surface area (Å²) >= 11 is 3.59. The van der Waals surface area contributed by atoms with Crippen LogP contribution in [0.25, 0.3) is 4.91 Å². The summed E-state index contributed by atoms with van der Waals surface area (Å²) in [7, 11) is 0. The number of benzene rings is 2. The van der Waals surface area contributed by atoms with E-state index in [1.807, 2.05) is 11.8 Å². The van der Waals surface area contributed by atoms with Crippen LogP contribution in [0.3, 0.4) is 0 Å². The minimum absolute atomic E-state index is 1.13. The van der Waals surface area contributed by atoms with Crippen molar-refractivity contribution in [3.63, 3.8) is 0 Å². The third kappa shape index (κ3) is 1.68. The monoisotopic (exact) mass is 242 g/mol. The number of fused-ring (bicyclic) bond motifs is 2. The fraction of sp³-hybridized carbons (Fsp3) is 0. The Balaban J connectivity index is 2.18. The van der Waals surface area contributed by atoms with E-state index in [1.54, 1.807) is 11.8 Å². The van der Waals surface area contributed by atoms with Gasteiger partial charge in [0.05, 0.1) is 0 Å². The van der Waals surface area contributed by atoms with Gasteiger partial charge in [-0.3, -0.25) is 0 Å². The molecule has 0 spiro atoms. The van der Waals surface area contributed by atoms with E-state index in [-0.39, 0.29) is 0 Å². The van der Waals surface area contributed by atoms with Crippen molar-refractivity contribution in [3.8, 4) is 0 Å². The zero-order valence-corrected chi connectivity index (χ0v) is 10.3. The molecule has 16 heavy (non-hydrogen) atoms. The van der Waals surface area contributed by atoms with Crippen molar-refractivity contribution >= 4 is 28.4 Å². The van der Waals surface area contributed by atoms with E-state index in [4.69, 9.17) is 0 Å². The van der Waals surface area contributed by atoms with Gasteiger partial charge < -0.3 is 0 Å². The van der Waals surface area contributed by atoms with Crippen molar-refractivity contribution in [1.82, 2.24) is 0 Å². The molecule has 2 heteroatoms. The summed E-state index contributed by atoms with van der Waals surface area (Å²) in [4.78, 5) is 5.05. The highest BCUT2D eigenvalue weighted by Gasteiger charge is 2.15. The second-order valence-electron chi connectivity index (χ2n) is 3.57. The average Bonchev–Trinajstić information content (AvgIpc) is 2.45. The molecule has 0 radical (unpaired) electrons. The van der Waals surface area contributed by atoms with Crippen LogP contribution in [0.1, 0.15) is 5.56 Å². The molecule has 0 fully saturated rings. The second kappa shape index (κ2) is 4.04. The molecule has 3 rings (SSSR count). The minimum atomic E-state index is 1.13. The Morgan fingerprint density at radius 1 is 0.688 bits per heavy atom. The highest BCUT2D eigenvalue weighted by molar-refractivity contribution is 8.09. The molecule has 0 saturated heterocycles. The van der Waals surface area contributed by atoms with Crippen molar-refractivity contribution in [2.24, 2.45) is 0 Å². The molecule has 0 amide bonds. The molecule has 1 aliphatic rings. The lowest BCUT2D eigenvalue weighted by atomic mass is 10.2. The molecular weight excluding hydrogens is 232 g/mol. The van der Waals surface area contributed by atoms with Gasteiger partial charge in [-0.25, -0.2) is 0 Å². The van der Waals surface area contributed by atoms with E-state index >= 15 is 0 Å². The Morgan fingerprint density at radius 3 is 2.00 bits per heavy atom. The maximum Gasteiger partial charge on any atom is 0.0262 e. The summed E-state index contributed by atoms with van der Waals surface area (Å²) in [6.45, 7) is 4.16. The van der Waals surface area contributed by atoms with Gasteiger partial charge >= 0.3 is 0 Å². The molecule has 0 saturated carbocycles. The highest BCUT2D eigenvalue weighted by atomic mass is 32.2. The molecule has 0 bridgehead atoms. The van der Waals surface area contributed by atoms with Gasteiger partial charge in [-0.05, 0) is 18.2 Å². The van der Waals surface area contributed by atoms with Crippen LogP contribution in [0, 0.1) is 0 Å². The van der Waals surface area contributed by atoms with Crippen LogP contribution >= 0.6 is 23.5 Å². The fourth-order valence-corrected chi connectivity index (χ4v) is 3.89. The quantitative estimate of drug-likeness (QED) is 0.643. The summed E-state index contributed by atoms with van der Waals surface area (Å²) in [5, 5.41) is 0. The Hall–Kier alpha value is -1.12. The third-order valence-electron chi connectivity index (χ3n) is 2.49. The molecule has 2 aromatic carbocycles. The molecule has 78 valence electrons. The first-order valence-electron chi connectivity index (χ1n) is 5.07. The van der Waals surface area contributed by atoms with Gasteiger partial charge in [-0.2, -0.15) is 0 Å². The first-order chi connectivity index (χ1) is 7.84. The lowest BCUT2D eigenvalue weighted by molar-refractivity contribution is 1.25. The predicted molar refractivity (Wildman–Crippen MR) is 71.9 cm³/mol. The van der Waals surface area contributed by atoms with Crippen LogP contribution in [0.15, 0.2) is 69.8 Å². The standard InChI is InChI=1S/C14H10S2/c1-10-11-6-2-3-7-12(11)16-14-9-5-4-8-13(14)15-10/h2-9H,1H2.